The molecule has 0 atom stereocenters. The largest absolute Gasteiger partial charge is 0.486 e. The second-order valence-electron chi connectivity index (χ2n) is 3.03. The second kappa shape index (κ2) is 5.84. The van der Waals surface area contributed by atoms with Gasteiger partial charge in [0.05, 0.1) is 4.47 Å². The van der Waals surface area contributed by atoms with Crippen LogP contribution in [0.5, 0.6) is 5.75 Å². The number of rotatable bonds is 5. The van der Waals surface area contributed by atoms with E-state index in [1.54, 1.807) is 25.3 Å². The minimum Gasteiger partial charge on any atom is -0.486 e. The van der Waals surface area contributed by atoms with Crippen molar-refractivity contribution in [3.63, 3.8) is 0 Å². The molecule has 0 aliphatic rings. The molecule has 0 saturated heterocycles. The van der Waals surface area contributed by atoms with Gasteiger partial charge in [0.2, 0.25) is 0 Å². The maximum Gasteiger partial charge on any atom is 0.272 e. The molecule has 0 spiro atoms. The van der Waals surface area contributed by atoms with Gasteiger partial charge in [0.25, 0.3) is 6.43 Å². The van der Waals surface area contributed by atoms with Crippen LogP contribution in [0.15, 0.2) is 23.2 Å². The third-order valence-electron chi connectivity index (χ3n) is 1.96. The number of nitrogens with one attached hydrogen (secondary N) is 1. The SMILES string of the molecule is C=Cc1cc(OCC(F)F)c(Br)cc1NC. The van der Waals surface area contributed by atoms with Gasteiger partial charge in [-0.15, -0.1) is 0 Å². The minimum atomic E-state index is -2.48. The van der Waals surface area contributed by atoms with Crippen LogP contribution in [0.3, 0.4) is 0 Å². The molecule has 0 aromatic heterocycles. The summed E-state index contributed by atoms with van der Waals surface area (Å²) in [4.78, 5) is 0. The third kappa shape index (κ3) is 3.20. The summed E-state index contributed by atoms with van der Waals surface area (Å²) in [6, 6.07) is 3.42. The Labute approximate surface area is 101 Å². The van der Waals surface area contributed by atoms with Gasteiger partial charge in [0, 0.05) is 18.3 Å². The minimum absolute atomic E-state index is 0.384. The first kappa shape index (κ1) is 13.0. The van der Waals surface area contributed by atoms with Gasteiger partial charge < -0.3 is 10.1 Å². The predicted octanol–water partition coefficient (Wildman–Crippen LogP) is 3.78. The normalized spacial score (nSPS) is 10.3. The quantitative estimate of drug-likeness (QED) is 0.891. The summed E-state index contributed by atoms with van der Waals surface area (Å²) in [7, 11) is 1.77. The van der Waals surface area contributed by atoms with E-state index in [0.29, 0.717) is 10.2 Å². The van der Waals surface area contributed by atoms with Crippen molar-refractivity contribution < 1.29 is 13.5 Å². The average molecular weight is 292 g/mol. The highest BCUT2D eigenvalue weighted by Gasteiger charge is 2.09. The fourth-order valence-corrected chi connectivity index (χ4v) is 1.68. The van der Waals surface area contributed by atoms with Crippen LogP contribution in [0.2, 0.25) is 0 Å². The third-order valence-corrected chi connectivity index (χ3v) is 2.58. The molecule has 88 valence electrons. The second-order valence-corrected chi connectivity index (χ2v) is 3.88. The first-order chi connectivity index (χ1) is 7.58. The van der Waals surface area contributed by atoms with Gasteiger partial charge >= 0.3 is 0 Å². The van der Waals surface area contributed by atoms with Crippen LogP contribution in [-0.4, -0.2) is 20.1 Å². The summed E-state index contributed by atoms with van der Waals surface area (Å²) in [5.41, 5.74) is 1.65. The lowest BCUT2D eigenvalue weighted by molar-refractivity contribution is 0.0815. The molecule has 0 aliphatic heterocycles. The topological polar surface area (TPSA) is 21.3 Å². The van der Waals surface area contributed by atoms with Gasteiger partial charge in [0.15, 0.2) is 0 Å². The Morgan fingerprint density at radius 1 is 1.56 bits per heavy atom. The van der Waals surface area contributed by atoms with Gasteiger partial charge in [-0.2, -0.15) is 0 Å². The summed E-state index contributed by atoms with van der Waals surface area (Å²) < 4.78 is 29.6. The predicted molar refractivity (Wildman–Crippen MR) is 65.3 cm³/mol. The number of benzene rings is 1. The number of hydrogen-bond acceptors (Lipinski definition) is 2. The summed E-state index contributed by atoms with van der Waals surface area (Å²) >= 11 is 3.26. The van der Waals surface area contributed by atoms with Gasteiger partial charge in [-0.3, -0.25) is 0 Å². The van der Waals surface area contributed by atoms with E-state index in [1.807, 2.05) is 0 Å². The highest BCUT2D eigenvalue weighted by molar-refractivity contribution is 9.10. The molecular formula is C11H12BrF2NO. The smallest absolute Gasteiger partial charge is 0.272 e. The lowest BCUT2D eigenvalue weighted by Crippen LogP contribution is -2.07. The Kier molecular flexibility index (Phi) is 4.73. The van der Waals surface area contributed by atoms with E-state index in [-0.39, 0.29) is 0 Å². The van der Waals surface area contributed by atoms with E-state index < -0.39 is 13.0 Å². The monoisotopic (exact) mass is 291 g/mol. The van der Waals surface area contributed by atoms with E-state index >= 15 is 0 Å². The number of alkyl halides is 2. The van der Waals surface area contributed by atoms with Crippen molar-refractivity contribution >= 4 is 27.7 Å². The summed E-state index contributed by atoms with van der Waals surface area (Å²) in [6.07, 6.45) is -0.851. The average Bonchev–Trinajstić information content (AvgIpc) is 2.26. The van der Waals surface area contributed by atoms with Crippen LogP contribution in [0.1, 0.15) is 5.56 Å². The van der Waals surface area contributed by atoms with E-state index in [0.717, 1.165) is 11.3 Å². The van der Waals surface area contributed by atoms with Gasteiger partial charge in [0.1, 0.15) is 12.4 Å². The number of anilines is 1. The molecule has 1 N–H and O–H groups in total. The molecular weight excluding hydrogens is 280 g/mol. The zero-order chi connectivity index (χ0) is 12.1. The summed E-state index contributed by atoms with van der Waals surface area (Å²) in [5, 5.41) is 2.97. The molecule has 0 radical (unpaired) electrons. The van der Waals surface area contributed by atoms with Crippen LogP contribution in [-0.2, 0) is 0 Å². The molecule has 1 rings (SSSR count). The maximum absolute atomic E-state index is 12.0. The van der Waals surface area contributed by atoms with Crippen LogP contribution in [0, 0.1) is 0 Å². The summed E-state index contributed by atoms with van der Waals surface area (Å²) in [6.45, 7) is 3.03. The Bertz CT molecular complexity index is 382. The van der Waals surface area contributed by atoms with Gasteiger partial charge in [-0.25, -0.2) is 8.78 Å². The lowest BCUT2D eigenvalue weighted by Gasteiger charge is -2.12. The number of halogens is 3. The summed E-state index contributed by atoms with van der Waals surface area (Å²) in [5.74, 6) is 0.384. The van der Waals surface area contributed by atoms with Crippen LogP contribution in [0.25, 0.3) is 6.08 Å². The van der Waals surface area contributed by atoms with Crippen LogP contribution < -0.4 is 10.1 Å². The van der Waals surface area contributed by atoms with Gasteiger partial charge in [-0.05, 0) is 28.1 Å². The Morgan fingerprint density at radius 2 is 2.25 bits per heavy atom. The standard InChI is InChI=1S/C11H12BrF2NO/c1-3-7-4-10(16-6-11(13)14)8(12)5-9(7)15-2/h3-5,11,15H,1,6H2,2H3. The van der Waals surface area contributed by atoms with Crippen LogP contribution in [0.4, 0.5) is 14.5 Å². The van der Waals surface area contributed by atoms with Crippen molar-refractivity contribution in [1.29, 1.82) is 0 Å². The highest BCUT2D eigenvalue weighted by atomic mass is 79.9. The molecule has 5 heteroatoms. The highest BCUT2D eigenvalue weighted by Crippen LogP contribution is 2.32. The zero-order valence-electron chi connectivity index (χ0n) is 8.77. The Balaban J connectivity index is 2.97. The molecule has 16 heavy (non-hydrogen) atoms. The zero-order valence-corrected chi connectivity index (χ0v) is 10.4. The van der Waals surface area contributed by atoms with Crippen molar-refractivity contribution in [1.82, 2.24) is 0 Å². The molecule has 0 bridgehead atoms. The molecule has 0 fully saturated rings. The Hall–Kier alpha value is -1.10. The number of ether oxygens (including phenoxy) is 1. The first-order valence-electron chi connectivity index (χ1n) is 4.63. The Morgan fingerprint density at radius 3 is 2.75 bits per heavy atom. The van der Waals surface area contributed by atoms with Crippen molar-refractivity contribution in [2.45, 2.75) is 6.43 Å². The molecule has 1 aromatic carbocycles. The first-order valence-corrected chi connectivity index (χ1v) is 5.42. The maximum atomic E-state index is 12.0. The van der Waals surface area contributed by atoms with E-state index in [4.69, 9.17) is 4.74 Å². The van der Waals surface area contributed by atoms with Crippen molar-refractivity contribution in [3.8, 4) is 5.75 Å². The van der Waals surface area contributed by atoms with E-state index in [9.17, 15) is 8.78 Å². The fourth-order valence-electron chi connectivity index (χ4n) is 1.22. The molecule has 2 nitrogen and oxygen atoms in total. The van der Waals surface area contributed by atoms with Crippen molar-refractivity contribution in [2.24, 2.45) is 0 Å². The molecule has 0 saturated carbocycles. The molecule has 1 aromatic rings. The van der Waals surface area contributed by atoms with E-state index in [2.05, 4.69) is 27.8 Å². The molecule has 0 amide bonds. The molecule has 0 heterocycles. The lowest BCUT2D eigenvalue weighted by atomic mass is 10.1. The van der Waals surface area contributed by atoms with Crippen molar-refractivity contribution in [2.75, 3.05) is 19.0 Å². The van der Waals surface area contributed by atoms with Crippen LogP contribution >= 0.6 is 15.9 Å². The molecule has 0 aliphatic carbocycles. The number of hydrogen-bond donors (Lipinski definition) is 1. The van der Waals surface area contributed by atoms with E-state index in [1.165, 1.54) is 0 Å². The van der Waals surface area contributed by atoms with Gasteiger partial charge in [-0.1, -0.05) is 12.7 Å². The molecule has 0 unspecified atom stereocenters. The van der Waals surface area contributed by atoms with Crippen molar-refractivity contribution in [3.05, 3.63) is 28.7 Å². The fraction of sp³-hybridized carbons (Fsp3) is 0.273.